The highest BCUT2D eigenvalue weighted by atomic mass is 79.9. The van der Waals surface area contributed by atoms with Crippen LogP contribution in [0.4, 0.5) is 0 Å². The third kappa shape index (κ3) is 4.65. The molecule has 0 aliphatic carbocycles. The molecule has 0 spiro atoms. The SMILES string of the molecule is COC(=O)C(NC(=O)c1ccn(-c2cc(C)ccc2OC)n1)c1ccc(Br)cc1. The summed E-state index contributed by atoms with van der Waals surface area (Å²) in [5.41, 5.74) is 2.51. The van der Waals surface area contributed by atoms with Gasteiger partial charge in [-0.2, -0.15) is 5.10 Å². The van der Waals surface area contributed by atoms with E-state index in [0.717, 1.165) is 10.0 Å². The Hall–Kier alpha value is -3.13. The topological polar surface area (TPSA) is 82.5 Å². The Labute approximate surface area is 176 Å². The zero-order valence-corrected chi connectivity index (χ0v) is 17.8. The maximum Gasteiger partial charge on any atom is 0.333 e. The number of halogens is 1. The van der Waals surface area contributed by atoms with Crippen molar-refractivity contribution in [2.75, 3.05) is 14.2 Å². The highest BCUT2D eigenvalue weighted by Gasteiger charge is 2.25. The molecule has 1 amide bonds. The first-order chi connectivity index (χ1) is 13.9. The Bertz CT molecular complexity index is 1030. The summed E-state index contributed by atoms with van der Waals surface area (Å²) in [6.45, 7) is 1.96. The van der Waals surface area contributed by atoms with Crippen molar-refractivity contribution in [1.29, 1.82) is 0 Å². The Morgan fingerprint density at radius 2 is 1.83 bits per heavy atom. The molecule has 1 unspecified atom stereocenters. The zero-order valence-electron chi connectivity index (χ0n) is 16.2. The number of aromatic nitrogens is 2. The average molecular weight is 458 g/mol. The van der Waals surface area contributed by atoms with Crippen LogP contribution in [0.2, 0.25) is 0 Å². The molecule has 2 aromatic carbocycles. The second-order valence-electron chi connectivity index (χ2n) is 6.30. The number of esters is 1. The van der Waals surface area contributed by atoms with Gasteiger partial charge in [-0.05, 0) is 48.4 Å². The fraction of sp³-hybridized carbons (Fsp3) is 0.190. The predicted molar refractivity (Wildman–Crippen MR) is 111 cm³/mol. The van der Waals surface area contributed by atoms with Crippen LogP contribution in [0.15, 0.2) is 59.2 Å². The Morgan fingerprint density at radius 1 is 1.10 bits per heavy atom. The molecule has 1 N–H and O–H groups in total. The number of nitrogens with zero attached hydrogens (tertiary/aromatic N) is 2. The summed E-state index contributed by atoms with van der Waals surface area (Å²) in [5.74, 6) is -0.429. The molecule has 29 heavy (non-hydrogen) atoms. The van der Waals surface area contributed by atoms with Crippen LogP contribution in [0.5, 0.6) is 5.75 Å². The fourth-order valence-electron chi connectivity index (χ4n) is 2.81. The average Bonchev–Trinajstić information content (AvgIpc) is 3.22. The van der Waals surface area contributed by atoms with Crippen molar-refractivity contribution in [3.8, 4) is 11.4 Å². The highest BCUT2D eigenvalue weighted by Crippen LogP contribution is 2.24. The molecule has 0 radical (unpaired) electrons. The summed E-state index contributed by atoms with van der Waals surface area (Å²) in [5, 5.41) is 7.03. The van der Waals surface area contributed by atoms with Crippen LogP contribution in [-0.4, -0.2) is 35.9 Å². The van der Waals surface area contributed by atoms with Gasteiger partial charge in [0.15, 0.2) is 11.7 Å². The molecular weight excluding hydrogens is 438 g/mol. The number of benzene rings is 2. The lowest BCUT2D eigenvalue weighted by molar-refractivity contribution is -0.143. The van der Waals surface area contributed by atoms with Crippen molar-refractivity contribution < 1.29 is 19.1 Å². The van der Waals surface area contributed by atoms with E-state index in [9.17, 15) is 9.59 Å². The normalized spacial score (nSPS) is 11.6. The molecule has 1 aromatic heterocycles. The van der Waals surface area contributed by atoms with E-state index in [1.807, 2.05) is 25.1 Å². The number of carbonyl (C=O) groups is 2. The molecular formula is C21H20BrN3O4. The van der Waals surface area contributed by atoms with E-state index < -0.39 is 17.9 Å². The van der Waals surface area contributed by atoms with Crippen LogP contribution >= 0.6 is 15.9 Å². The molecule has 7 nitrogen and oxygen atoms in total. The van der Waals surface area contributed by atoms with Gasteiger partial charge in [0.1, 0.15) is 11.4 Å². The summed E-state index contributed by atoms with van der Waals surface area (Å²) in [6.07, 6.45) is 1.67. The van der Waals surface area contributed by atoms with Gasteiger partial charge in [-0.15, -0.1) is 0 Å². The summed E-state index contributed by atoms with van der Waals surface area (Å²) >= 11 is 3.35. The van der Waals surface area contributed by atoms with Crippen LogP contribution in [0, 0.1) is 6.92 Å². The van der Waals surface area contributed by atoms with Crippen LogP contribution in [0.1, 0.15) is 27.7 Å². The van der Waals surface area contributed by atoms with Crippen molar-refractivity contribution in [1.82, 2.24) is 15.1 Å². The number of nitrogens with one attached hydrogen (secondary N) is 1. The molecule has 0 aliphatic heterocycles. The molecule has 0 aliphatic rings. The number of hydrogen-bond donors (Lipinski definition) is 1. The monoisotopic (exact) mass is 457 g/mol. The number of methoxy groups -OCH3 is 2. The number of ether oxygens (including phenoxy) is 2. The van der Waals surface area contributed by atoms with Gasteiger partial charge in [0.2, 0.25) is 0 Å². The van der Waals surface area contributed by atoms with E-state index in [1.165, 1.54) is 7.11 Å². The van der Waals surface area contributed by atoms with Gasteiger partial charge in [-0.3, -0.25) is 4.79 Å². The molecule has 150 valence electrons. The van der Waals surface area contributed by atoms with Crippen LogP contribution < -0.4 is 10.1 Å². The van der Waals surface area contributed by atoms with Crippen molar-refractivity contribution >= 4 is 27.8 Å². The first kappa shape index (κ1) is 20.6. The van der Waals surface area contributed by atoms with Gasteiger partial charge in [0.25, 0.3) is 5.91 Å². The summed E-state index contributed by atoms with van der Waals surface area (Å²) in [6, 6.07) is 13.4. The molecule has 3 rings (SSSR count). The third-order valence-electron chi connectivity index (χ3n) is 4.32. The van der Waals surface area contributed by atoms with Crippen molar-refractivity contribution in [2.45, 2.75) is 13.0 Å². The lowest BCUT2D eigenvalue weighted by atomic mass is 10.1. The first-order valence-corrected chi connectivity index (χ1v) is 9.57. The molecule has 1 atom stereocenters. The molecule has 0 saturated carbocycles. The number of amides is 1. The van der Waals surface area contributed by atoms with Crippen molar-refractivity contribution in [3.05, 3.63) is 76.0 Å². The van der Waals surface area contributed by atoms with E-state index in [4.69, 9.17) is 9.47 Å². The molecule has 0 bridgehead atoms. The summed E-state index contributed by atoms with van der Waals surface area (Å²) in [7, 11) is 2.85. The smallest absolute Gasteiger partial charge is 0.333 e. The molecule has 3 aromatic rings. The molecule has 0 fully saturated rings. The molecule has 8 heteroatoms. The summed E-state index contributed by atoms with van der Waals surface area (Å²) in [4.78, 5) is 25.0. The number of carbonyl (C=O) groups excluding carboxylic acids is 2. The second kappa shape index (κ2) is 8.91. The third-order valence-corrected chi connectivity index (χ3v) is 4.85. The maximum absolute atomic E-state index is 12.7. The second-order valence-corrected chi connectivity index (χ2v) is 7.22. The van der Waals surface area contributed by atoms with Crippen molar-refractivity contribution in [3.63, 3.8) is 0 Å². The van der Waals surface area contributed by atoms with Crippen LogP contribution in [-0.2, 0) is 9.53 Å². The summed E-state index contributed by atoms with van der Waals surface area (Å²) < 4.78 is 12.6. The fourth-order valence-corrected chi connectivity index (χ4v) is 3.08. The van der Waals surface area contributed by atoms with Gasteiger partial charge in [0.05, 0.1) is 14.2 Å². The lowest BCUT2D eigenvalue weighted by Gasteiger charge is -2.16. The minimum Gasteiger partial charge on any atom is -0.494 e. The molecule has 1 heterocycles. The predicted octanol–water partition coefficient (Wildman–Crippen LogP) is 3.60. The minimum absolute atomic E-state index is 0.166. The zero-order chi connectivity index (χ0) is 21.0. The Balaban J connectivity index is 1.86. The van der Waals surface area contributed by atoms with E-state index in [1.54, 1.807) is 48.3 Å². The van der Waals surface area contributed by atoms with E-state index >= 15 is 0 Å². The highest BCUT2D eigenvalue weighted by molar-refractivity contribution is 9.10. The number of rotatable bonds is 6. The number of aryl methyl sites for hydroxylation is 1. The quantitative estimate of drug-likeness (QED) is 0.571. The lowest BCUT2D eigenvalue weighted by Crippen LogP contribution is -2.34. The van der Waals surface area contributed by atoms with Gasteiger partial charge in [0, 0.05) is 10.7 Å². The molecule has 0 saturated heterocycles. The standard InChI is InChI=1S/C21H20BrN3O4/c1-13-4-9-18(28-2)17(12-13)25-11-10-16(24-25)20(26)23-19(21(27)29-3)14-5-7-15(22)8-6-14/h4-12,19H,1-3H3,(H,23,26). The Morgan fingerprint density at radius 3 is 2.48 bits per heavy atom. The first-order valence-electron chi connectivity index (χ1n) is 8.77. The minimum atomic E-state index is -0.945. The van der Waals surface area contributed by atoms with Crippen LogP contribution in [0.3, 0.4) is 0 Å². The van der Waals surface area contributed by atoms with Gasteiger partial charge >= 0.3 is 5.97 Å². The van der Waals surface area contributed by atoms with E-state index in [2.05, 4.69) is 26.3 Å². The van der Waals surface area contributed by atoms with Gasteiger partial charge < -0.3 is 14.8 Å². The van der Waals surface area contributed by atoms with Crippen LogP contribution in [0.25, 0.3) is 5.69 Å². The largest absolute Gasteiger partial charge is 0.494 e. The maximum atomic E-state index is 12.7. The van der Waals surface area contributed by atoms with Gasteiger partial charge in [-0.25, -0.2) is 9.48 Å². The Kier molecular flexibility index (Phi) is 6.33. The van der Waals surface area contributed by atoms with Gasteiger partial charge in [-0.1, -0.05) is 34.1 Å². The van der Waals surface area contributed by atoms with E-state index in [0.29, 0.717) is 17.0 Å². The number of hydrogen-bond acceptors (Lipinski definition) is 5. The van der Waals surface area contributed by atoms with Crippen molar-refractivity contribution in [2.24, 2.45) is 0 Å². The van der Waals surface area contributed by atoms with E-state index in [-0.39, 0.29) is 5.69 Å².